The molecule has 1 aromatic carbocycles. The number of nitrogens with one attached hydrogen (secondary N) is 1. The van der Waals surface area contributed by atoms with E-state index in [-0.39, 0.29) is 11.7 Å². The summed E-state index contributed by atoms with van der Waals surface area (Å²) in [5.74, 6) is -1.05. The van der Waals surface area contributed by atoms with E-state index in [4.69, 9.17) is 0 Å². The first-order valence-corrected chi connectivity index (χ1v) is 11.4. The Labute approximate surface area is 177 Å². The van der Waals surface area contributed by atoms with Gasteiger partial charge in [-0.15, -0.1) is 16.8 Å². The van der Waals surface area contributed by atoms with E-state index in [2.05, 4.69) is 26.7 Å². The Morgan fingerprint density at radius 1 is 1.24 bits per heavy atom. The molecular formula is C20H24F2N4OS2. The van der Waals surface area contributed by atoms with Gasteiger partial charge in [0.15, 0.2) is 5.16 Å². The van der Waals surface area contributed by atoms with Gasteiger partial charge in [-0.1, -0.05) is 48.9 Å². The first kappa shape index (κ1) is 21.8. The zero-order chi connectivity index (χ0) is 20.6. The second-order valence-corrected chi connectivity index (χ2v) is 8.82. The van der Waals surface area contributed by atoms with E-state index in [1.165, 1.54) is 31.0 Å². The van der Waals surface area contributed by atoms with E-state index in [1.807, 2.05) is 6.08 Å². The van der Waals surface area contributed by atoms with Gasteiger partial charge in [-0.3, -0.25) is 4.79 Å². The highest BCUT2D eigenvalue weighted by molar-refractivity contribution is 8.00. The molecule has 0 aliphatic heterocycles. The number of alkyl halides is 2. The number of thioether (sulfide) groups is 2. The second-order valence-electron chi connectivity index (χ2n) is 6.81. The van der Waals surface area contributed by atoms with Gasteiger partial charge in [-0.05, 0) is 37.1 Å². The molecule has 1 aromatic heterocycles. The van der Waals surface area contributed by atoms with Gasteiger partial charge in [-0.2, -0.15) is 8.78 Å². The summed E-state index contributed by atoms with van der Waals surface area (Å²) >= 11 is 1.81. The smallest absolute Gasteiger partial charge is 0.288 e. The van der Waals surface area contributed by atoms with Crippen molar-refractivity contribution in [3.63, 3.8) is 0 Å². The molecule has 3 rings (SSSR count). The average molecular weight is 439 g/mol. The average Bonchev–Trinajstić information content (AvgIpc) is 3.11. The molecule has 9 heteroatoms. The topological polar surface area (TPSA) is 59.8 Å². The molecule has 1 N–H and O–H groups in total. The number of rotatable bonds is 9. The number of carbonyl (C=O) groups is 1. The predicted molar refractivity (Wildman–Crippen MR) is 114 cm³/mol. The lowest BCUT2D eigenvalue weighted by Gasteiger charge is -2.21. The van der Waals surface area contributed by atoms with Gasteiger partial charge in [-0.25, -0.2) is 0 Å². The lowest BCUT2D eigenvalue weighted by atomic mass is 9.89. The lowest BCUT2D eigenvalue weighted by Crippen LogP contribution is -2.15. The predicted octanol–water partition coefficient (Wildman–Crippen LogP) is 5.56. The quantitative estimate of drug-likeness (QED) is 0.410. The maximum atomic E-state index is 12.4. The van der Waals surface area contributed by atoms with E-state index >= 15 is 0 Å². The number of benzene rings is 1. The summed E-state index contributed by atoms with van der Waals surface area (Å²) in [6.07, 6.45) is 7.77. The zero-order valence-electron chi connectivity index (χ0n) is 16.0. The van der Waals surface area contributed by atoms with Gasteiger partial charge in [0, 0.05) is 23.0 Å². The summed E-state index contributed by atoms with van der Waals surface area (Å²) in [5.41, 5.74) is 0.574. The van der Waals surface area contributed by atoms with Gasteiger partial charge < -0.3 is 9.88 Å². The van der Waals surface area contributed by atoms with E-state index in [9.17, 15) is 13.6 Å². The molecular weight excluding hydrogens is 414 g/mol. The normalized spacial score (nSPS) is 14.9. The molecule has 1 heterocycles. The number of nitrogens with zero attached hydrogens (tertiary/aromatic N) is 3. The molecule has 0 unspecified atom stereocenters. The Kier molecular flexibility index (Phi) is 8.11. The molecule has 1 saturated carbocycles. The third-order valence-electron chi connectivity index (χ3n) is 4.72. The Balaban J connectivity index is 1.58. The largest absolute Gasteiger partial charge is 0.325 e. The van der Waals surface area contributed by atoms with Gasteiger partial charge in [0.2, 0.25) is 5.91 Å². The molecule has 1 aliphatic rings. The van der Waals surface area contributed by atoms with Crippen LogP contribution in [0.5, 0.6) is 0 Å². The Morgan fingerprint density at radius 2 is 1.97 bits per heavy atom. The number of hydrogen-bond acceptors (Lipinski definition) is 5. The standard InChI is InChI=1S/C20H24F2N4OS2/c1-2-12-26-18(14-6-4-3-5-7-14)24-25-20(26)28-13-17(27)23-15-8-10-16(11-9-15)29-19(21)22/h2,8-11,14,19H,1,3-7,12-13H2,(H,23,27). The minimum absolute atomic E-state index is 0.184. The van der Waals surface area contributed by atoms with Gasteiger partial charge in [0.05, 0.1) is 5.75 Å². The summed E-state index contributed by atoms with van der Waals surface area (Å²) in [6.45, 7) is 4.44. The van der Waals surface area contributed by atoms with Crippen molar-refractivity contribution < 1.29 is 13.6 Å². The number of hydrogen-bond donors (Lipinski definition) is 1. The van der Waals surface area contributed by atoms with Crippen molar-refractivity contribution in [1.82, 2.24) is 14.8 Å². The highest BCUT2D eigenvalue weighted by Gasteiger charge is 2.23. The number of allylic oxidation sites excluding steroid dienone is 1. The fraction of sp³-hybridized carbons (Fsp3) is 0.450. The molecule has 0 bridgehead atoms. The number of anilines is 1. The van der Waals surface area contributed by atoms with E-state index < -0.39 is 5.76 Å². The molecule has 0 radical (unpaired) electrons. The van der Waals surface area contributed by atoms with Gasteiger partial charge >= 0.3 is 0 Å². The minimum atomic E-state index is -2.46. The van der Waals surface area contributed by atoms with Crippen molar-refractivity contribution in [3.8, 4) is 0 Å². The highest BCUT2D eigenvalue weighted by Crippen LogP contribution is 2.33. The van der Waals surface area contributed by atoms with Crippen molar-refractivity contribution in [2.75, 3.05) is 11.1 Å². The van der Waals surface area contributed by atoms with Crippen LogP contribution in [0.4, 0.5) is 14.5 Å². The van der Waals surface area contributed by atoms with Crippen LogP contribution in [-0.2, 0) is 11.3 Å². The van der Waals surface area contributed by atoms with Crippen molar-refractivity contribution in [1.29, 1.82) is 0 Å². The van der Waals surface area contributed by atoms with Crippen molar-refractivity contribution in [2.45, 2.75) is 60.4 Å². The van der Waals surface area contributed by atoms with Crippen LogP contribution in [0.1, 0.15) is 43.8 Å². The summed E-state index contributed by atoms with van der Waals surface area (Å²) in [6, 6.07) is 6.37. The van der Waals surface area contributed by atoms with Gasteiger partial charge in [0.1, 0.15) is 5.82 Å². The SMILES string of the molecule is C=CCn1c(SCC(=O)Nc2ccc(SC(F)F)cc2)nnc1C1CCCCC1. The minimum Gasteiger partial charge on any atom is -0.325 e. The second kappa shape index (κ2) is 10.8. The van der Waals surface area contributed by atoms with Crippen LogP contribution in [0.25, 0.3) is 0 Å². The number of halogens is 2. The molecule has 29 heavy (non-hydrogen) atoms. The summed E-state index contributed by atoms with van der Waals surface area (Å²) < 4.78 is 26.8. The molecule has 1 aliphatic carbocycles. The zero-order valence-corrected chi connectivity index (χ0v) is 17.7. The van der Waals surface area contributed by atoms with Crippen molar-refractivity contribution >= 4 is 35.1 Å². The van der Waals surface area contributed by atoms with Crippen LogP contribution in [0, 0.1) is 0 Å². The van der Waals surface area contributed by atoms with Crippen LogP contribution in [0.2, 0.25) is 0 Å². The monoisotopic (exact) mass is 438 g/mol. The molecule has 1 fully saturated rings. The van der Waals surface area contributed by atoms with Crippen LogP contribution in [0.3, 0.4) is 0 Å². The fourth-order valence-corrected chi connectivity index (χ4v) is 4.67. The summed E-state index contributed by atoms with van der Waals surface area (Å²) in [4.78, 5) is 12.7. The van der Waals surface area contributed by atoms with E-state index in [0.717, 1.165) is 18.7 Å². The lowest BCUT2D eigenvalue weighted by molar-refractivity contribution is -0.113. The first-order valence-electron chi connectivity index (χ1n) is 9.58. The van der Waals surface area contributed by atoms with E-state index in [1.54, 1.807) is 24.3 Å². The molecule has 0 spiro atoms. The third-order valence-corrected chi connectivity index (χ3v) is 6.41. The number of carbonyl (C=O) groups excluding carboxylic acids is 1. The molecule has 0 atom stereocenters. The highest BCUT2D eigenvalue weighted by atomic mass is 32.2. The van der Waals surface area contributed by atoms with Crippen LogP contribution in [0.15, 0.2) is 47.0 Å². The van der Waals surface area contributed by atoms with Crippen LogP contribution < -0.4 is 5.32 Å². The van der Waals surface area contributed by atoms with Crippen molar-refractivity contribution in [3.05, 3.63) is 42.7 Å². The Morgan fingerprint density at radius 3 is 2.62 bits per heavy atom. The maximum absolute atomic E-state index is 12.4. The van der Waals surface area contributed by atoms with Crippen LogP contribution in [-0.4, -0.2) is 32.2 Å². The van der Waals surface area contributed by atoms with Gasteiger partial charge in [0.25, 0.3) is 5.76 Å². The summed E-state index contributed by atoms with van der Waals surface area (Å²) in [7, 11) is 0. The third kappa shape index (κ3) is 6.30. The Hall–Kier alpha value is -1.87. The fourth-order valence-electron chi connectivity index (χ4n) is 3.42. The molecule has 1 amide bonds. The van der Waals surface area contributed by atoms with Crippen molar-refractivity contribution in [2.24, 2.45) is 0 Å². The number of aromatic nitrogens is 3. The van der Waals surface area contributed by atoms with Crippen LogP contribution >= 0.6 is 23.5 Å². The Bertz CT molecular complexity index is 820. The maximum Gasteiger partial charge on any atom is 0.288 e. The molecule has 5 nitrogen and oxygen atoms in total. The summed E-state index contributed by atoms with van der Waals surface area (Å²) in [5, 5.41) is 12.2. The molecule has 0 saturated heterocycles. The molecule has 2 aromatic rings. The molecule has 156 valence electrons. The first-order chi connectivity index (χ1) is 14.1. The van der Waals surface area contributed by atoms with E-state index in [0.29, 0.717) is 40.0 Å². The number of amides is 1.